The highest BCUT2D eigenvalue weighted by Crippen LogP contribution is 2.17. The number of esters is 1. The van der Waals surface area contributed by atoms with Gasteiger partial charge >= 0.3 is 5.97 Å². The van der Waals surface area contributed by atoms with E-state index in [1.54, 1.807) is 19.1 Å². The molecule has 0 heterocycles. The summed E-state index contributed by atoms with van der Waals surface area (Å²) in [4.78, 5) is 23.5. The van der Waals surface area contributed by atoms with E-state index in [4.69, 9.17) is 4.74 Å². The van der Waals surface area contributed by atoms with Gasteiger partial charge in [-0.25, -0.2) is 17.5 Å². The van der Waals surface area contributed by atoms with Crippen molar-refractivity contribution in [3.63, 3.8) is 0 Å². The van der Waals surface area contributed by atoms with Crippen molar-refractivity contribution in [3.8, 4) is 0 Å². The summed E-state index contributed by atoms with van der Waals surface area (Å²) < 4.78 is 30.1. The third kappa shape index (κ3) is 5.47. The van der Waals surface area contributed by atoms with Crippen molar-refractivity contribution in [2.24, 2.45) is 0 Å². The van der Waals surface area contributed by atoms with Crippen LogP contribution in [0.15, 0.2) is 40.8 Å². The molecule has 1 aromatic rings. The summed E-state index contributed by atoms with van der Waals surface area (Å²) in [6.07, 6.45) is 2.40. The summed E-state index contributed by atoms with van der Waals surface area (Å²) in [5.74, 6) is -1.11. The predicted octanol–water partition coefficient (Wildman–Crippen LogP) is 1.77. The molecule has 0 aliphatic heterocycles. The molecule has 1 rings (SSSR count). The molecule has 0 fully saturated rings. The van der Waals surface area contributed by atoms with Crippen LogP contribution in [0.4, 0.5) is 5.69 Å². The van der Waals surface area contributed by atoms with Gasteiger partial charge < -0.3 is 10.1 Å². The number of rotatable bonds is 7. The highest BCUT2D eigenvalue weighted by molar-refractivity contribution is 7.89. The zero-order valence-electron chi connectivity index (χ0n) is 14.2. The van der Waals surface area contributed by atoms with E-state index in [9.17, 15) is 18.0 Å². The Bertz CT molecular complexity index is 739. The standard InChI is InChI=1S/C16H22N2O5S/c1-5-7-12(2)16(20)23-11-15(19)17-13-8-6-9-14(10-13)24(21,22)18(3)4/h6-10H,5,11H2,1-4H3,(H,17,19)/b12-7-. The number of carbonyl (C=O) groups excluding carboxylic acids is 2. The van der Waals surface area contributed by atoms with E-state index < -0.39 is 28.5 Å². The zero-order chi connectivity index (χ0) is 18.3. The topological polar surface area (TPSA) is 92.8 Å². The fraction of sp³-hybridized carbons (Fsp3) is 0.375. The Morgan fingerprint density at radius 3 is 2.54 bits per heavy atom. The Balaban J connectivity index is 2.72. The second-order valence-corrected chi connectivity index (χ2v) is 7.39. The fourth-order valence-corrected chi connectivity index (χ4v) is 2.72. The monoisotopic (exact) mass is 354 g/mol. The maximum absolute atomic E-state index is 12.1. The lowest BCUT2D eigenvalue weighted by Crippen LogP contribution is -2.23. The van der Waals surface area contributed by atoms with Crippen LogP contribution in [0.5, 0.6) is 0 Å². The SMILES string of the molecule is CC/C=C(/C)C(=O)OCC(=O)Nc1cccc(S(=O)(=O)N(C)C)c1. The van der Waals surface area contributed by atoms with Crippen LogP contribution in [0, 0.1) is 0 Å². The minimum atomic E-state index is -3.59. The van der Waals surface area contributed by atoms with E-state index in [0.29, 0.717) is 17.7 Å². The maximum atomic E-state index is 12.1. The highest BCUT2D eigenvalue weighted by Gasteiger charge is 2.17. The molecule has 1 amide bonds. The van der Waals surface area contributed by atoms with Crippen LogP contribution in [0.1, 0.15) is 20.3 Å². The normalized spacial score (nSPS) is 12.1. The van der Waals surface area contributed by atoms with Gasteiger partial charge in [-0.15, -0.1) is 0 Å². The molecule has 0 radical (unpaired) electrons. The molecule has 0 atom stereocenters. The van der Waals surface area contributed by atoms with Gasteiger partial charge in [0, 0.05) is 25.4 Å². The molecule has 0 saturated carbocycles. The molecule has 0 saturated heterocycles. The number of amides is 1. The summed E-state index contributed by atoms with van der Waals surface area (Å²) in [7, 11) is -0.744. The largest absolute Gasteiger partial charge is 0.452 e. The van der Waals surface area contributed by atoms with Crippen LogP contribution in [0.25, 0.3) is 0 Å². The van der Waals surface area contributed by atoms with Gasteiger partial charge in [0.1, 0.15) is 0 Å². The van der Waals surface area contributed by atoms with Gasteiger partial charge in [0.15, 0.2) is 6.61 Å². The third-order valence-corrected chi connectivity index (χ3v) is 4.87. The van der Waals surface area contributed by atoms with Crippen molar-refractivity contribution < 1.29 is 22.7 Å². The van der Waals surface area contributed by atoms with Crippen LogP contribution in [0.3, 0.4) is 0 Å². The molecule has 1 N–H and O–H groups in total. The lowest BCUT2D eigenvalue weighted by Gasteiger charge is -2.12. The van der Waals surface area contributed by atoms with Gasteiger partial charge in [0.05, 0.1) is 4.90 Å². The number of nitrogens with one attached hydrogen (secondary N) is 1. The number of benzene rings is 1. The zero-order valence-corrected chi connectivity index (χ0v) is 15.0. The van der Waals surface area contributed by atoms with Crippen LogP contribution < -0.4 is 5.32 Å². The number of nitrogens with zero attached hydrogens (tertiary/aromatic N) is 1. The molecule has 132 valence electrons. The van der Waals surface area contributed by atoms with E-state index in [2.05, 4.69) is 5.32 Å². The number of anilines is 1. The minimum absolute atomic E-state index is 0.0593. The Kier molecular flexibility index (Phi) is 7.12. The summed E-state index contributed by atoms with van der Waals surface area (Å²) in [6.45, 7) is 3.05. The van der Waals surface area contributed by atoms with Crippen molar-refractivity contribution in [1.82, 2.24) is 4.31 Å². The number of carbonyl (C=O) groups is 2. The Morgan fingerprint density at radius 1 is 1.29 bits per heavy atom. The number of hydrogen-bond donors (Lipinski definition) is 1. The highest BCUT2D eigenvalue weighted by atomic mass is 32.2. The molecule has 0 bridgehead atoms. The molecule has 0 unspecified atom stereocenters. The lowest BCUT2D eigenvalue weighted by atomic mass is 10.2. The minimum Gasteiger partial charge on any atom is -0.452 e. The van der Waals surface area contributed by atoms with E-state index in [1.807, 2.05) is 6.92 Å². The number of allylic oxidation sites excluding steroid dienone is 1. The smallest absolute Gasteiger partial charge is 0.333 e. The van der Waals surface area contributed by atoms with Gasteiger partial charge in [-0.3, -0.25) is 4.79 Å². The van der Waals surface area contributed by atoms with Crippen LogP contribution >= 0.6 is 0 Å². The van der Waals surface area contributed by atoms with Crippen molar-refractivity contribution >= 4 is 27.6 Å². The molecular weight excluding hydrogens is 332 g/mol. The van der Waals surface area contributed by atoms with Crippen molar-refractivity contribution in [3.05, 3.63) is 35.9 Å². The predicted molar refractivity (Wildman–Crippen MR) is 91.0 cm³/mol. The average molecular weight is 354 g/mol. The van der Waals surface area contributed by atoms with E-state index >= 15 is 0 Å². The lowest BCUT2D eigenvalue weighted by molar-refractivity contribution is -0.143. The molecule has 24 heavy (non-hydrogen) atoms. The first kappa shape index (κ1) is 19.9. The van der Waals surface area contributed by atoms with Gasteiger partial charge in [0.2, 0.25) is 10.0 Å². The Labute approximate surface area is 142 Å². The van der Waals surface area contributed by atoms with Crippen molar-refractivity contribution in [2.75, 3.05) is 26.0 Å². The first-order valence-corrected chi connectivity index (χ1v) is 8.78. The second kappa shape index (κ2) is 8.60. The maximum Gasteiger partial charge on any atom is 0.333 e. The van der Waals surface area contributed by atoms with Gasteiger partial charge in [-0.1, -0.05) is 19.1 Å². The van der Waals surface area contributed by atoms with Crippen molar-refractivity contribution in [1.29, 1.82) is 0 Å². The summed E-state index contributed by atoms with van der Waals surface area (Å²) in [6, 6.07) is 5.85. The van der Waals surface area contributed by atoms with Crippen LogP contribution in [0.2, 0.25) is 0 Å². The molecule has 0 aliphatic carbocycles. The van der Waals surface area contributed by atoms with Gasteiger partial charge in [-0.2, -0.15) is 0 Å². The third-order valence-electron chi connectivity index (χ3n) is 3.06. The molecule has 0 spiro atoms. The summed E-state index contributed by atoms with van der Waals surface area (Å²) in [5, 5.41) is 2.50. The molecule has 8 heteroatoms. The first-order chi connectivity index (χ1) is 11.2. The fourth-order valence-electron chi connectivity index (χ4n) is 1.78. The Morgan fingerprint density at radius 2 is 1.96 bits per heavy atom. The number of hydrogen-bond acceptors (Lipinski definition) is 5. The number of ether oxygens (including phenoxy) is 1. The second-order valence-electron chi connectivity index (χ2n) is 5.23. The molecule has 1 aromatic carbocycles. The van der Waals surface area contributed by atoms with Gasteiger partial charge in [0.25, 0.3) is 5.91 Å². The van der Waals surface area contributed by atoms with Crippen LogP contribution in [-0.2, 0) is 24.3 Å². The van der Waals surface area contributed by atoms with Crippen LogP contribution in [-0.4, -0.2) is 45.3 Å². The van der Waals surface area contributed by atoms with E-state index in [1.165, 1.54) is 32.3 Å². The van der Waals surface area contributed by atoms with Gasteiger partial charge in [-0.05, 0) is 31.5 Å². The molecule has 0 aliphatic rings. The van der Waals surface area contributed by atoms with Crippen molar-refractivity contribution in [2.45, 2.75) is 25.2 Å². The summed E-state index contributed by atoms with van der Waals surface area (Å²) >= 11 is 0. The quantitative estimate of drug-likeness (QED) is 0.595. The molecule has 0 aromatic heterocycles. The summed E-state index contributed by atoms with van der Waals surface area (Å²) in [5.41, 5.74) is 0.740. The van der Waals surface area contributed by atoms with E-state index in [0.717, 1.165) is 4.31 Å². The average Bonchev–Trinajstić information content (AvgIpc) is 2.52. The number of sulfonamides is 1. The Hall–Kier alpha value is -2.19. The first-order valence-electron chi connectivity index (χ1n) is 7.34. The van der Waals surface area contributed by atoms with E-state index in [-0.39, 0.29) is 4.90 Å². The molecule has 7 nitrogen and oxygen atoms in total. The molecular formula is C16H22N2O5S.